The van der Waals surface area contributed by atoms with E-state index < -0.39 is 44.2 Å². The number of anilines is 2. The SMILES string of the molecule is CC(C)c1cc(Cl)cc(C(C)CC2Cc3cc4c(c(NC(=O)NS(=O)(=O)C5=CN(C)C(=O)NC5)c3C2)CCC4)c1NC(=O)NS(=O)(=O)C1=CNC(=O)NC1. The molecule has 0 bridgehead atoms. The fourth-order valence-corrected chi connectivity index (χ4v) is 9.66. The van der Waals surface area contributed by atoms with Crippen molar-refractivity contribution in [3.8, 4) is 0 Å². The zero-order chi connectivity index (χ0) is 39.1. The molecule has 0 aromatic heterocycles. The molecule has 2 aromatic carbocycles. The fraction of sp³-hybridized carbons (Fsp3) is 0.429. The molecule has 6 rings (SSSR count). The van der Waals surface area contributed by atoms with Gasteiger partial charge in [-0.15, -0.1) is 0 Å². The van der Waals surface area contributed by atoms with Crippen LogP contribution in [0.1, 0.15) is 78.8 Å². The molecule has 2 heterocycles. The summed E-state index contributed by atoms with van der Waals surface area (Å²) in [7, 11) is -7.11. The third kappa shape index (κ3) is 8.29. The van der Waals surface area contributed by atoms with E-state index in [0.29, 0.717) is 35.7 Å². The van der Waals surface area contributed by atoms with Crippen LogP contribution >= 0.6 is 11.6 Å². The van der Waals surface area contributed by atoms with Gasteiger partial charge in [-0.1, -0.05) is 38.4 Å². The summed E-state index contributed by atoms with van der Waals surface area (Å²) < 4.78 is 56.1. The van der Waals surface area contributed by atoms with E-state index in [9.17, 15) is 36.0 Å². The number of carbonyl (C=O) groups is 4. The number of aryl methyl sites for hydroxylation is 1. The summed E-state index contributed by atoms with van der Waals surface area (Å²) in [4.78, 5) is 50.4. The van der Waals surface area contributed by atoms with Crippen molar-refractivity contribution in [2.75, 3.05) is 30.8 Å². The lowest BCUT2D eigenvalue weighted by atomic mass is 9.85. The summed E-state index contributed by atoms with van der Waals surface area (Å²) >= 11 is 6.61. The van der Waals surface area contributed by atoms with Gasteiger partial charge in [0.2, 0.25) is 0 Å². The van der Waals surface area contributed by atoms with E-state index in [2.05, 4.69) is 37.4 Å². The fourth-order valence-electron chi connectivity index (χ4n) is 7.54. The van der Waals surface area contributed by atoms with Gasteiger partial charge in [0, 0.05) is 35.8 Å². The Kier molecular flexibility index (Phi) is 10.9. The van der Waals surface area contributed by atoms with Crippen LogP contribution in [0, 0.1) is 5.92 Å². The van der Waals surface area contributed by atoms with E-state index in [1.54, 1.807) is 12.1 Å². The predicted octanol–water partition coefficient (Wildman–Crippen LogP) is 4.41. The van der Waals surface area contributed by atoms with Gasteiger partial charge in [0.05, 0.1) is 13.1 Å². The largest absolute Gasteiger partial charge is 0.333 e. The minimum absolute atomic E-state index is 0.0854. The highest BCUT2D eigenvalue weighted by Gasteiger charge is 2.33. The molecule has 19 heteroatoms. The minimum Gasteiger partial charge on any atom is -0.333 e. The molecule has 54 heavy (non-hydrogen) atoms. The van der Waals surface area contributed by atoms with Gasteiger partial charge in [0.25, 0.3) is 20.0 Å². The second kappa shape index (κ2) is 15.1. The van der Waals surface area contributed by atoms with Crippen molar-refractivity contribution in [3.05, 3.63) is 78.8 Å². The first-order chi connectivity index (χ1) is 25.4. The zero-order valence-electron chi connectivity index (χ0n) is 30.2. The lowest BCUT2D eigenvalue weighted by Crippen LogP contribution is -2.44. The molecule has 2 atom stereocenters. The number of hydrogen-bond acceptors (Lipinski definition) is 8. The molecular formula is C35H43ClN8O8S2. The van der Waals surface area contributed by atoms with Gasteiger partial charge in [0.15, 0.2) is 0 Å². The average molecular weight is 803 g/mol. The highest BCUT2D eigenvalue weighted by atomic mass is 35.5. The van der Waals surface area contributed by atoms with Gasteiger partial charge >= 0.3 is 24.1 Å². The van der Waals surface area contributed by atoms with Crippen molar-refractivity contribution in [2.45, 2.75) is 71.1 Å². The van der Waals surface area contributed by atoms with Crippen LogP contribution in [-0.4, -0.2) is 66.0 Å². The van der Waals surface area contributed by atoms with Crippen LogP contribution in [0.25, 0.3) is 0 Å². The Morgan fingerprint density at radius 1 is 0.852 bits per heavy atom. The number of amides is 8. The third-order valence-corrected chi connectivity index (χ3v) is 13.1. The Morgan fingerprint density at radius 2 is 1.50 bits per heavy atom. The van der Waals surface area contributed by atoms with Crippen molar-refractivity contribution < 1.29 is 36.0 Å². The number of halogens is 1. The highest BCUT2D eigenvalue weighted by Crippen LogP contribution is 2.44. The first-order valence-electron chi connectivity index (χ1n) is 17.5. The number of sulfonamides is 2. The molecule has 2 unspecified atom stereocenters. The first-order valence-corrected chi connectivity index (χ1v) is 20.9. The van der Waals surface area contributed by atoms with Crippen molar-refractivity contribution in [1.29, 1.82) is 0 Å². The number of nitrogens with zero attached hydrogens (tertiary/aromatic N) is 1. The van der Waals surface area contributed by atoms with E-state index in [-0.39, 0.29) is 40.7 Å². The van der Waals surface area contributed by atoms with Crippen LogP contribution < -0.4 is 36.0 Å². The summed E-state index contributed by atoms with van der Waals surface area (Å²) in [5, 5.41) is 13.2. The molecule has 0 saturated heterocycles. The molecule has 2 aromatic rings. The highest BCUT2D eigenvalue weighted by molar-refractivity contribution is 7.94. The normalized spacial score (nSPS) is 18.7. The average Bonchev–Trinajstić information content (AvgIpc) is 3.72. The Morgan fingerprint density at radius 3 is 2.15 bits per heavy atom. The smallest absolute Gasteiger partial charge is 0.333 e. The number of nitrogens with one attached hydrogen (secondary N) is 7. The summed E-state index contributed by atoms with van der Waals surface area (Å²) in [6.45, 7) is 5.36. The molecule has 0 saturated carbocycles. The molecule has 2 aliphatic carbocycles. The molecule has 16 nitrogen and oxygen atoms in total. The van der Waals surface area contributed by atoms with Crippen LogP contribution in [0.3, 0.4) is 0 Å². The van der Waals surface area contributed by atoms with Crippen LogP contribution in [0.5, 0.6) is 0 Å². The lowest BCUT2D eigenvalue weighted by Gasteiger charge is -2.24. The summed E-state index contributed by atoms with van der Waals surface area (Å²) in [5.41, 5.74) is 6.65. The van der Waals surface area contributed by atoms with Crippen molar-refractivity contribution in [1.82, 2.24) is 30.3 Å². The molecule has 0 radical (unpaired) electrons. The van der Waals surface area contributed by atoms with Crippen LogP contribution in [0.15, 0.2) is 40.4 Å². The van der Waals surface area contributed by atoms with Crippen molar-refractivity contribution >= 4 is 67.1 Å². The van der Waals surface area contributed by atoms with E-state index in [0.717, 1.165) is 63.7 Å². The second-order valence-corrected chi connectivity index (χ2v) is 18.2. The van der Waals surface area contributed by atoms with Gasteiger partial charge < -0.3 is 31.5 Å². The Bertz CT molecular complexity index is 2220. The number of urea groups is 4. The number of carbonyl (C=O) groups excluding carboxylic acids is 4. The monoisotopic (exact) mass is 802 g/mol. The maximum absolute atomic E-state index is 13.3. The molecule has 8 amide bonds. The summed E-state index contributed by atoms with van der Waals surface area (Å²) in [5.74, 6) is -0.134. The Labute approximate surface area is 319 Å². The molecule has 0 fully saturated rings. The van der Waals surface area contributed by atoms with Gasteiger partial charge in [-0.05, 0) is 102 Å². The standard InChI is InChI=1S/C35H43ClN8O8S2/c1-18(2)27-12-23(36)13-28(31(27)41-34(47)42-53(49,50)24-14-37-32(45)38-15-24)19(3)8-20-9-22-11-21-6-5-7-26(21)30(29(22)10-20)40-33(46)43-54(51,52)25-16-39-35(48)44(4)17-25/h11-14,17-20H,5-10,15-16H2,1-4H3,(H,39,48)(H2,37,38,45)(H2,40,43,46)(H2,41,42,47). The molecular weight excluding hydrogens is 760 g/mol. The van der Waals surface area contributed by atoms with E-state index in [1.165, 1.54) is 13.2 Å². The van der Waals surface area contributed by atoms with Crippen LogP contribution in [-0.2, 0) is 45.7 Å². The number of benzene rings is 2. The summed E-state index contributed by atoms with van der Waals surface area (Å²) in [6, 6.07) is 2.81. The van der Waals surface area contributed by atoms with E-state index in [1.807, 2.05) is 25.5 Å². The van der Waals surface area contributed by atoms with Gasteiger partial charge in [-0.2, -0.15) is 0 Å². The van der Waals surface area contributed by atoms with E-state index >= 15 is 0 Å². The Balaban J connectivity index is 1.20. The minimum atomic E-state index is -4.28. The molecule has 0 spiro atoms. The zero-order valence-corrected chi connectivity index (χ0v) is 32.6. The third-order valence-electron chi connectivity index (χ3n) is 10.1. The quantitative estimate of drug-likeness (QED) is 0.182. The lowest BCUT2D eigenvalue weighted by molar-refractivity contribution is 0.221. The second-order valence-electron chi connectivity index (χ2n) is 14.3. The van der Waals surface area contributed by atoms with Gasteiger partial charge in [0.1, 0.15) is 9.81 Å². The van der Waals surface area contributed by atoms with Gasteiger partial charge in [-0.25, -0.2) is 45.5 Å². The number of fused-ring (bicyclic) bond motifs is 2. The van der Waals surface area contributed by atoms with Crippen LogP contribution in [0.4, 0.5) is 30.6 Å². The predicted molar refractivity (Wildman–Crippen MR) is 204 cm³/mol. The summed E-state index contributed by atoms with van der Waals surface area (Å²) in [6.07, 6.45) is 6.66. The molecule has 2 aliphatic heterocycles. The Hall–Kier alpha value is -4.81. The maximum atomic E-state index is 13.3. The van der Waals surface area contributed by atoms with Gasteiger partial charge in [-0.3, -0.25) is 0 Å². The first kappa shape index (κ1) is 38.9. The van der Waals surface area contributed by atoms with Crippen molar-refractivity contribution in [2.24, 2.45) is 5.92 Å². The number of rotatable bonds is 10. The number of hydrogen-bond donors (Lipinski definition) is 7. The van der Waals surface area contributed by atoms with Crippen molar-refractivity contribution in [3.63, 3.8) is 0 Å². The molecule has 290 valence electrons. The maximum Gasteiger partial charge on any atom is 0.333 e. The topological polar surface area (TPSA) is 224 Å². The molecule has 4 aliphatic rings. The van der Waals surface area contributed by atoms with E-state index in [4.69, 9.17) is 11.6 Å². The molecule has 7 N–H and O–H groups in total. The van der Waals surface area contributed by atoms with Crippen LogP contribution in [0.2, 0.25) is 5.02 Å².